The second kappa shape index (κ2) is 10.7. The van der Waals surface area contributed by atoms with Crippen LogP contribution in [0.3, 0.4) is 0 Å². The van der Waals surface area contributed by atoms with Crippen molar-refractivity contribution in [1.29, 1.82) is 0 Å². The number of thiophene rings is 1. The van der Waals surface area contributed by atoms with Crippen molar-refractivity contribution in [2.24, 2.45) is 0 Å². The summed E-state index contributed by atoms with van der Waals surface area (Å²) in [5.74, 6) is -1.49. The zero-order chi connectivity index (χ0) is 24.0. The predicted octanol–water partition coefficient (Wildman–Crippen LogP) is 0.556. The van der Waals surface area contributed by atoms with E-state index in [1.54, 1.807) is 11.4 Å². The maximum Gasteiger partial charge on any atom is 0.351 e. The summed E-state index contributed by atoms with van der Waals surface area (Å²) < 4.78 is 7.74. The summed E-state index contributed by atoms with van der Waals surface area (Å²) in [4.78, 5) is 53.9. The van der Waals surface area contributed by atoms with Crippen molar-refractivity contribution in [3.8, 4) is 5.69 Å². The zero-order valence-electron chi connectivity index (χ0n) is 18.2. The van der Waals surface area contributed by atoms with Gasteiger partial charge in [0.2, 0.25) is 0 Å². The largest absolute Gasteiger partial charge is 0.451 e. The van der Waals surface area contributed by atoms with E-state index in [0.717, 1.165) is 22.7 Å². The van der Waals surface area contributed by atoms with Gasteiger partial charge in [-0.25, -0.2) is 9.59 Å². The summed E-state index contributed by atoms with van der Waals surface area (Å²) in [6, 6.07) is 1.64. The molecule has 0 saturated heterocycles. The minimum Gasteiger partial charge on any atom is -0.451 e. The van der Waals surface area contributed by atoms with E-state index in [9.17, 15) is 19.2 Å². The summed E-state index contributed by atoms with van der Waals surface area (Å²) in [6.45, 7) is 3.59. The Balaban J connectivity index is 1.84. The zero-order valence-corrected chi connectivity index (χ0v) is 19.0. The van der Waals surface area contributed by atoms with E-state index in [0.29, 0.717) is 18.5 Å². The summed E-state index contributed by atoms with van der Waals surface area (Å²) in [5.41, 5.74) is 4.96. The van der Waals surface area contributed by atoms with E-state index < -0.39 is 29.7 Å². The van der Waals surface area contributed by atoms with Crippen LogP contribution in [0.2, 0.25) is 0 Å². The average molecular weight is 477 g/mol. The monoisotopic (exact) mass is 476 g/mol. The Morgan fingerprint density at radius 1 is 1.27 bits per heavy atom. The number of H-pyrrole nitrogens is 1. The van der Waals surface area contributed by atoms with Gasteiger partial charge >= 0.3 is 11.7 Å². The highest BCUT2D eigenvalue weighted by Gasteiger charge is 2.26. The number of nitrogen functional groups attached to an aromatic ring is 1. The molecule has 0 aliphatic heterocycles. The molecule has 1 amide bonds. The van der Waals surface area contributed by atoms with E-state index in [-0.39, 0.29) is 29.5 Å². The van der Waals surface area contributed by atoms with Gasteiger partial charge in [-0.2, -0.15) is 4.68 Å². The molecular weight excluding hydrogens is 452 g/mol. The van der Waals surface area contributed by atoms with E-state index in [4.69, 9.17) is 10.5 Å². The standard InChI is InChI=1S/C19H24N8O5S/c1-3-5-8-25(14-16(20)26(7-4-2)19(31)22-17(14)29)13(28)10-32-18(30)15-12(6-9-33-15)27-11-21-23-24-27/h6,9,11H,3-5,7-8,10,20H2,1-2H3,(H,22,29,31). The summed E-state index contributed by atoms with van der Waals surface area (Å²) in [5, 5.41) is 12.5. The Kier molecular flexibility index (Phi) is 7.71. The maximum atomic E-state index is 13.0. The molecule has 0 saturated carbocycles. The minimum atomic E-state index is -0.778. The third-order valence-electron chi connectivity index (χ3n) is 4.72. The number of hydrogen-bond acceptors (Lipinski definition) is 10. The number of nitrogens with one attached hydrogen (secondary N) is 1. The molecule has 176 valence electrons. The molecule has 14 heteroatoms. The SMILES string of the molecule is CCCCN(C(=O)COC(=O)c1sccc1-n1cnnn1)c1c(N)n(CCC)c(=O)[nH]c1=O. The fourth-order valence-corrected chi connectivity index (χ4v) is 3.91. The van der Waals surface area contributed by atoms with Gasteiger partial charge in [-0.15, -0.1) is 16.4 Å². The number of anilines is 2. The van der Waals surface area contributed by atoms with Crippen molar-refractivity contribution in [3.05, 3.63) is 43.5 Å². The Labute approximate surface area is 191 Å². The number of nitrogens with zero attached hydrogens (tertiary/aromatic N) is 6. The van der Waals surface area contributed by atoms with E-state index >= 15 is 0 Å². The van der Waals surface area contributed by atoms with Crippen LogP contribution in [0.25, 0.3) is 5.69 Å². The molecule has 0 bridgehead atoms. The summed E-state index contributed by atoms with van der Waals surface area (Å²) in [6.07, 6.45) is 3.23. The number of hydrogen-bond donors (Lipinski definition) is 2. The molecule has 0 radical (unpaired) electrons. The van der Waals surface area contributed by atoms with Crippen LogP contribution in [-0.4, -0.2) is 54.8 Å². The fraction of sp³-hybridized carbons (Fsp3) is 0.421. The molecule has 0 aliphatic carbocycles. The molecule has 0 spiro atoms. The molecule has 0 unspecified atom stereocenters. The minimum absolute atomic E-state index is 0.111. The number of ether oxygens (including phenoxy) is 1. The normalized spacial score (nSPS) is 10.8. The number of esters is 1. The van der Waals surface area contributed by atoms with Crippen molar-refractivity contribution >= 4 is 34.7 Å². The van der Waals surface area contributed by atoms with Gasteiger partial charge in [0.1, 0.15) is 17.0 Å². The predicted molar refractivity (Wildman–Crippen MR) is 121 cm³/mol. The van der Waals surface area contributed by atoms with Gasteiger partial charge in [0.25, 0.3) is 11.5 Å². The van der Waals surface area contributed by atoms with Crippen LogP contribution in [0.15, 0.2) is 27.4 Å². The van der Waals surface area contributed by atoms with Crippen LogP contribution < -0.4 is 21.9 Å². The number of carbonyl (C=O) groups excluding carboxylic acids is 2. The van der Waals surface area contributed by atoms with Gasteiger partial charge in [-0.05, 0) is 34.7 Å². The molecule has 3 N–H and O–H groups in total. The number of amides is 1. The number of aromatic amines is 1. The van der Waals surface area contributed by atoms with Gasteiger partial charge in [0, 0.05) is 13.1 Å². The van der Waals surface area contributed by atoms with E-state index in [2.05, 4.69) is 20.5 Å². The molecule has 0 aromatic carbocycles. The fourth-order valence-electron chi connectivity index (χ4n) is 3.14. The van der Waals surface area contributed by atoms with Crippen LogP contribution >= 0.6 is 11.3 Å². The lowest BCUT2D eigenvalue weighted by atomic mass is 10.2. The lowest BCUT2D eigenvalue weighted by Crippen LogP contribution is -2.43. The quantitative estimate of drug-likeness (QED) is 0.397. The van der Waals surface area contributed by atoms with Crippen LogP contribution in [0.4, 0.5) is 11.5 Å². The van der Waals surface area contributed by atoms with E-state index in [1.165, 1.54) is 15.6 Å². The first kappa shape index (κ1) is 23.8. The number of unbranched alkanes of at least 4 members (excludes halogenated alkanes) is 1. The van der Waals surface area contributed by atoms with Gasteiger partial charge < -0.3 is 15.4 Å². The number of rotatable bonds is 10. The lowest BCUT2D eigenvalue weighted by Gasteiger charge is -2.24. The van der Waals surface area contributed by atoms with Gasteiger partial charge in [0.05, 0.1) is 5.69 Å². The van der Waals surface area contributed by atoms with Crippen LogP contribution in [0.5, 0.6) is 0 Å². The molecule has 13 nitrogen and oxygen atoms in total. The highest BCUT2D eigenvalue weighted by Crippen LogP contribution is 2.22. The van der Waals surface area contributed by atoms with Crippen molar-refractivity contribution in [2.75, 3.05) is 23.8 Å². The lowest BCUT2D eigenvalue weighted by molar-refractivity contribution is -0.121. The smallest absolute Gasteiger partial charge is 0.351 e. The third kappa shape index (κ3) is 5.16. The molecular formula is C19H24N8O5S. The summed E-state index contributed by atoms with van der Waals surface area (Å²) in [7, 11) is 0. The Hall–Kier alpha value is -3.81. The average Bonchev–Trinajstić information content (AvgIpc) is 3.48. The molecule has 3 rings (SSSR count). The first-order valence-electron chi connectivity index (χ1n) is 10.3. The number of aromatic nitrogens is 6. The first-order chi connectivity index (χ1) is 15.9. The van der Waals surface area contributed by atoms with Crippen LogP contribution in [-0.2, 0) is 16.1 Å². The molecule has 0 fully saturated rings. The van der Waals surface area contributed by atoms with Gasteiger partial charge in [-0.3, -0.25) is 19.1 Å². The van der Waals surface area contributed by atoms with Crippen molar-refractivity contribution in [3.63, 3.8) is 0 Å². The summed E-state index contributed by atoms with van der Waals surface area (Å²) >= 11 is 1.11. The van der Waals surface area contributed by atoms with Gasteiger partial charge in [-0.1, -0.05) is 20.3 Å². The Morgan fingerprint density at radius 3 is 2.73 bits per heavy atom. The van der Waals surface area contributed by atoms with Crippen molar-refractivity contribution < 1.29 is 14.3 Å². The molecule has 3 aromatic rings. The molecule has 33 heavy (non-hydrogen) atoms. The van der Waals surface area contributed by atoms with E-state index in [1.807, 2.05) is 13.8 Å². The Bertz CT molecular complexity index is 1230. The van der Waals surface area contributed by atoms with Crippen LogP contribution in [0.1, 0.15) is 42.8 Å². The van der Waals surface area contributed by atoms with Gasteiger partial charge in [0.15, 0.2) is 12.3 Å². The molecule has 0 aliphatic rings. The van der Waals surface area contributed by atoms with Crippen molar-refractivity contribution in [2.45, 2.75) is 39.7 Å². The maximum absolute atomic E-state index is 13.0. The number of nitrogens with two attached hydrogens (primary N) is 1. The first-order valence-corrected chi connectivity index (χ1v) is 11.2. The highest BCUT2D eigenvalue weighted by molar-refractivity contribution is 7.12. The van der Waals surface area contributed by atoms with Crippen LogP contribution in [0, 0.1) is 0 Å². The number of carbonyl (C=O) groups is 2. The highest BCUT2D eigenvalue weighted by atomic mass is 32.1. The van der Waals surface area contributed by atoms with Crippen molar-refractivity contribution in [1.82, 2.24) is 29.8 Å². The molecule has 0 atom stereocenters. The molecule has 3 heterocycles. The molecule has 3 aromatic heterocycles. The third-order valence-corrected chi connectivity index (χ3v) is 5.60. The second-order valence-electron chi connectivity index (χ2n) is 7.01. The Morgan fingerprint density at radius 2 is 2.06 bits per heavy atom. The topological polar surface area (TPSA) is 171 Å². The second-order valence-corrected chi connectivity index (χ2v) is 7.93. The number of tetrazole rings is 1.